The van der Waals surface area contributed by atoms with Gasteiger partial charge in [0.05, 0.1) is 5.41 Å². The van der Waals surface area contributed by atoms with Gasteiger partial charge in [0.15, 0.2) is 0 Å². The molecule has 0 saturated carbocycles. The molecule has 0 N–H and O–H groups in total. The number of hydrogen-bond donors (Lipinski definition) is 0. The summed E-state index contributed by atoms with van der Waals surface area (Å²) in [4.78, 5) is 12.4. The van der Waals surface area contributed by atoms with Crippen molar-refractivity contribution < 1.29 is 9.53 Å². The molecular weight excluding hydrogens is 212 g/mol. The van der Waals surface area contributed by atoms with Crippen molar-refractivity contribution in [2.24, 2.45) is 10.8 Å². The molecule has 0 aliphatic heterocycles. The Bertz CT molecular complexity index is 309. The minimum Gasteiger partial charge on any atom is -0.459 e. The molecule has 0 spiro atoms. The van der Waals surface area contributed by atoms with Crippen LogP contribution in [-0.2, 0) is 9.53 Å². The minimum atomic E-state index is -0.598. The molecule has 0 rings (SSSR count). The van der Waals surface area contributed by atoms with Crippen molar-refractivity contribution in [3.8, 4) is 0 Å². The van der Waals surface area contributed by atoms with E-state index in [0.717, 1.165) is 5.57 Å². The highest BCUT2D eigenvalue weighted by Gasteiger charge is 2.44. The summed E-state index contributed by atoms with van der Waals surface area (Å²) >= 11 is 0. The molecule has 0 aromatic carbocycles. The lowest BCUT2D eigenvalue weighted by molar-refractivity contribution is -0.169. The van der Waals surface area contributed by atoms with Crippen LogP contribution in [0.4, 0.5) is 0 Å². The zero-order valence-electron chi connectivity index (χ0n) is 12.9. The highest BCUT2D eigenvalue weighted by atomic mass is 16.6. The fourth-order valence-electron chi connectivity index (χ4n) is 1.54. The summed E-state index contributed by atoms with van der Waals surface area (Å²) in [5, 5.41) is 0. The van der Waals surface area contributed by atoms with E-state index in [0.29, 0.717) is 0 Å². The molecule has 2 nitrogen and oxygen atoms in total. The first-order valence-corrected chi connectivity index (χ1v) is 6.19. The standard InChI is InChI=1S/C15H28O2/c1-11(2)10-15(9,13(3,4)5)12(16)17-14(6,7)8/h10H,1-9H3. The summed E-state index contributed by atoms with van der Waals surface area (Å²) in [5.41, 5.74) is -0.0848. The van der Waals surface area contributed by atoms with Crippen LogP contribution in [0, 0.1) is 10.8 Å². The Balaban J connectivity index is 5.37. The third-order valence-corrected chi connectivity index (χ3v) is 2.96. The summed E-state index contributed by atoms with van der Waals surface area (Å²) < 4.78 is 5.55. The second kappa shape index (κ2) is 4.83. The van der Waals surface area contributed by atoms with Crippen molar-refractivity contribution in [1.29, 1.82) is 0 Å². The predicted octanol–water partition coefficient (Wildman–Crippen LogP) is 4.35. The lowest BCUT2D eigenvalue weighted by atomic mass is 9.67. The number of allylic oxidation sites excluding steroid dienone is 1. The molecule has 0 heterocycles. The van der Waals surface area contributed by atoms with E-state index in [-0.39, 0.29) is 11.4 Å². The van der Waals surface area contributed by atoms with E-state index < -0.39 is 11.0 Å². The maximum absolute atomic E-state index is 12.4. The van der Waals surface area contributed by atoms with E-state index in [1.54, 1.807) is 0 Å². The van der Waals surface area contributed by atoms with E-state index in [2.05, 4.69) is 20.8 Å². The van der Waals surface area contributed by atoms with Gasteiger partial charge < -0.3 is 4.74 Å². The third kappa shape index (κ3) is 4.53. The van der Waals surface area contributed by atoms with Crippen molar-refractivity contribution in [1.82, 2.24) is 0 Å². The first-order chi connectivity index (χ1) is 7.29. The highest BCUT2D eigenvalue weighted by molar-refractivity contribution is 5.80. The van der Waals surface area contributed by atoms with Crippen molar-refractivity contribution in [2.75, 3.05) is 0 Å². The van der Waals surface area contributed by atoms with E-state index in [1.807, 2.05) is 47.6 Å². The normalized spacial score (nSPS) is 16.1. The topological polar surface area (TPSA) is 26.3 Å². The molecule has 0 aromatic heterocycles. The highest BCUT2D eigenvalue weighted by Crippen LogP contribution is 2.42. The Morgan fingerprint density at radius 1 is 0.941 bits per heavy atom. The Kier molecular flexibility index (Phi) is 4.61. The van der Waals surface area contributed by atoms with Crippen LogP contribution in [0.5, 0.6) is 0 Å². The van der Waals surface area contributed by atoms with Crippen LogP contribution in [0.15, 0.2) is 11.6 Å². The largest absolute Gasteiger partial charge is 0.459 e. The molecule has 0 aliphatic carbocycles. The van der Waals surface area contributed by atoms with Gasteiger partial charge in [-0.2, -0.15) is 0 Å². The average molecular weight is 240 g/mol. The molecule has 0 fully saturated rings. The molecule has 0 aromatic rings. The number of rotatable bonds is 2. The Hall–Kier alpha value is -0.790. The quantitative estimate of drug-likeness (QED) is 0.530. The Labute approximate surface area is 106 Å². The summed E-state index contributed by atoms with van der Waals surface area (Å²) in [6.45, 7) is 17.9. The van der Waals surface area contributed by atoms with Gasteiger partial charge in [-0.3, -0.25) is 4.79 Å². The third-order valence-electron chi connectivity index (χ3n) is 2.96. The molecule has 2 heteroatoms. The van der Waals surface area contributed by atoms with Gasteiger partial charge in [-0.15, -0.1) is 0 Å². The number of esters is 1. The van der Waals surface area contributed by atoms with Gasteiger partial charge in [-0.1, -0.05) is 32.4 Å². The minimum absolute atomic E-state index is 0.154. The van der Waals surface area contributed by atoms with Crippen molar-refractivity contribution in [3.05, 3.63) is 11.6 Å². The molecule has 1 atom stereocenters. The molecule has 17 heavy (non-hydrogen) atoms. The number of ether oxygens (including phenoxy) is 1. The first kappa shape index (κ1) is 16.2. The lowest BCUT2D eigenvalue weighted by Crippen LogP contribution is -2.43. The van der Waals surface area contributed by atoms with E-state index in [1.165, 1.54) is 0 Å². The number of carbonyl (C=O) groups excluding carboxylic acids is 1. The van der Waals surface area contributed by atoms with Gasteiger partial charge >= 0.3 is 5.97 Å². The van der Waals surface area contributed by atoms with Crippen LogP contribution >= 0.6 is 0 Å². The van der Waals surface area contributed by atoms with Gasteiger partial charge in [-0.05, 0) is 47.0 Å². The van der Waals surface area contributed by atoms with Crippen molar-refractivity contribution >= 4 is 5.97 Å². The SMILES string of the molecule is CC(C)=CC(C)(C(=O)OC(C)(C)C)C(C)(C)C. The summed E-state index contributed by atoms with van der Waals surface area (Å²) in [6.07, 6.45) is 2.01. The molecule has 0 bridgehead atoms. The second-order valence-electron chi connectivity index (χ2n) is 7.18. The lowest BCUT2D eigenvalue weighted by Gasteiger charge is -2.39. The monoisotopic (exact) mass is 240 g/mol. The molecule has 0 amide bonds. The molecule has 0 saturated heterocycles. The van der Waals surface area contributed by atoms with E-state index in [4.69, 9.17) is 4.74 Å². The molecule has 0 aliphatic rings. The van der Waals surface area contributed by atoms with Crippen molar-refractivity contribution in [3.63, 3.8) is 0 Å². The second-order valence-corrected chi connectivity index (χ2v) is 7.18. The van der Waals surface area contributed by atoms with Crippen LogP contribution in [0.2, 0.25) is 0 Å². The maximum atomic E-state index is 12.4. The first-order valence-electron chi connectivity index (χ1n) is 6.19. The zero-order chi connectivity index (χ0) is 14.1. The molecular formula is C15H28O2. The fourth-order valence-corrected chi connectivity index (χ4v) is 1.54. The fraction of sp³-hybridized carbons (Fsp3) is 0.800. The van der Waals surface area contributed by atoms with Gasteiger partial charge in [0, 0.05) is 0 Å². The molecule has 1 unspecified atom stereocenters. The average Bonchev–Trinajstić information content (AvgIpc) is 1.96. The van der Waals surface area contributed by atoms with Crippen molar-refractivity contribution in [2.45, 2.75) is 67.9 Å². The zero-order valence-corrected chi connectivity index (χ0v) is 12.9. The van der Waals surface area contributed by atoms with Crippen LogP contribution in [-0.4, -0.2) is 11.6 Å². The smallest absolute Gasteiger partial charge is 0.316 e. The van der Waals surface area contributed by atoms with Crippen LogP contribution in [0.1, 0.15) is 62.3 Å². The Morgan fingerprint density at radius 2 is 1.35 bits per heavy atom. The van der Waals surface area contributed by atoms with Crippen LogP contribution in [0.3, 0.4) is 0 Å². The van der Waals surface area contributed by atoms with Crippen LogP contribution < -0.4 is 0 Å². The maximum Gasteiger partial charge on any atom is 0.316 e. The predicted molar refractivity (Wildman–Crippen MR) is 72.8 cm³/mol. The number of carbonyl (C=O) groups is 1. The van der Waals surface area contributed by atoms with Gasteiger partial charge in [0.1, 0.15) is 5.60 Å². The van der Waals surface area contributed by atoms with Crippen LogP contribution in [0.25, 0.3) is 0 Å². The van der Waals surface area contributed by atoms with E-state index in [9.17, 15) is 4.79 Å². The van der Waals surface area contributed by atoms with E-state index >= 15 is 0 Å². The van der Waals surface area contributed by atoms with Gasteiger partial charge in [-0.25, -0.2) is 0 Å². The Morgan fingerprint density at radius 3 is 1.59 bits per heavy atom. The summed E-state index contributed by atoms with van der Waals surface area (Å²) in [7, 11) is 0. The summed E-state index contributed by atoms with van der Waals surface area (Å²) in [5.74, 6) is -0.154. The molecule has 0 radical (unpaired) electrons. The molecule has 100 valence electrons. The number of hydrogen-bond acceptors (Lipinski definition) is 2. The summed E-state index contributed by atoms with van der Waals surface area (Å²) in [6, 6.07) is 0. The van der Waals surface area contributed by atoms with Gasteiger partial charge in [0.25, 0.3) is 0 Å². The van der Waals surface area contributed by atoms with Gasteiger partial charge in [0.2, 0.25) is 0 Å².